The lowest BCUT2D eigenvalue weighted by molar-refractivity contribution is -0.0171. The predicted molar refractivity (Wildman–Crippen MR) is 167 cm³/mol. The van der Waals surface area contributed by atoms with E-state index in [1.165, 1.54) is 4.80 Å². The van der Waals surface area contributed by atoms with Gasteiger partial charge in [0.15, 0.2) is 12.6 Å². The molecule has 1 aromatic heterocycles. The Hall–Kier alpha value is -2.76. The van der Waals surface area contributed by atoms with E-state index in [2.05, 4.69) is 40.0 Å². The second-order valence-corrected chi connectivity index (χ2v) is 18.2. The van der Waals surface area contributed by atoms with Crippen LogP contribution in [0.1, 0.15) is 53.9 Å². The van der Waals surface area contributed by atoms with Crippen LogP contribution < -0.4 is 0 Å². The molecule has 0 amide bonds. The summed E-state index contributed by atoms with van der Waals surface area (Å²) in [6, 6.07) is 14.9. The number of aryl methyl sites for hydroxylation is 1. The van der Waals surface area contributed by atoms with Gasteiger partial charge in [0.25, 0.3) is 0 Å². The monoisotopic (exact) mass is 595 g/mol. The van der Waals surface area contributed by atoms with Gasteiger partial charge in [-0.25, -0.2) is 4.39 Å². The van der Waals surface area contributed by atoms with Crippen LogP contribution in [0.15, 0.2) is 42.5 Å². The number of aromatic nitrogens is 4. The summed E-state index contributed by atoms with van der Waals surface area (Å²) in [6.45, 7) is 13.4. The zero-order valence-electron chi connectivity index (χ0n) is 25.7. The number of aliphatic hydroxyl groups excluding tert-OH is 1. The van der Waals surface area contributed by atoms with Gasteiger partial charge in [-0.3, -0.25) is 4.90 Å². The molecule has 3 aromatic rings. The van der Waals surface area contributed by atoms with E-state index >= 15 is 0 Å². The number of hydrogen-bond acceptors (Lipinski definition) is 7. The Morgan fingerprint density at radius 2 is 1.98 bits per heavy atom. The zero-order valence-corrected chi connectivity index (χ0v) is 26.7. The molecule has 0 spiro atoms. The number of β-amino-alcohol motifs (C(OH)–C–C–N with tert-alkyl or cyclic N) is 1. The second-order valence-electron chi connectivity index (χ2n) is 12.5. The van der Waals surface area contributed by atoms with Crippen molar-refractivity contribution in [3.63, 3.8) is 0 Å². The van der Waals surface area contributed by atoms with Crippen LogP contribution >= 0.6 is 0 Å². The SMILES string of the molecule is Cc1ccc(C[C@@H]2CCCN2C[C@@H](O)CO[C@H](C)c2ccccc2C=Cc2nnn(COCC[Si](C)(C)C)n2)cc1F. The Morgan fingerprint density at radius 3 is 2.76 bits per heavy atom. The van der Waals surface area contributed by atoms with Crippen molar-refractivity contribution in [1.82, 2.24) is 25.1 Å². The number of aliphatic hydroxyl groups is 1. The fourth-order valence-corrected chi connectivity index (χ4v) is 5.93. The fourth-order valence-electron chi connectivity index (χ4n) is 5.17. The smallest absolute Gasteiger partial charge is 0.197 e. The van der Waals surface area contributed by atoms with Gasteiger partial charge in [-0.2, -0.15) is 0 Å². The van der Waals surface area contributed by atoms with E-state index < -0.39 is 14.2 Å². The minimum Gasteiger partial charge on any atom is -0.389 e. The maximum Gasteiger partial charge on any atom is 0.197 e. The fraction of sp³-hybridized carbons (Fsp3) is 0.531. The molecular weight excluding hydrogens is 549 g/mol. The molecule has 0 radical (unpaired) electrons. The van der Waals surface area contributed by atoms with Crippen LogP contribution in [-0.2, 0) is 22.6 Å². The highest BCUT2D eigenvalue weighted by Gasteiger charge is 2.27. The minimum absolute atomic E-state index is 0.157. The van der Waals surface area contributed by atoms with Gasteiger partial charge in [0.05, 0.1) is 18.8 Å². The number of likely N-dealkylation sites (tertiary alicyclic amines) is 1. The molecule has 0 saturated carbocycles. The second kappa shape index (κ2) is 15.1. The number of nitrogens with zero attached hydrogens (tertiary/aromatic N) is 5. The highest BCUT2D eigenvalue weighted by molar-refractivity contribution is 6.76. The standard InChI is InChI=1S/C32H46FN5O3Si/c1-24-12-13-26(20-31(24)33)19-28-10-8-16-37(28)21-29(39)22-41-25(2)30-11-7-6-9-27(30)14-15-32-34-36-38(35-32)23-40-17-18-42(3,4)5/h6-7,9,11-15,20,25,28-29,39H,8,10,16-19,21-23H2,1-5H3/t25-,28+,29-/m1/s1. The molecule has 1 N–H and O–H groups in total. The summed E-state index contributed by atoms with van der Waals surface area (Å²) in [5, 5.41) is 23.4. The summed E-state index contributed by atoms with van der Waals surface area (Å²) in [5.74, 6) is 0.353. The van der Waals surface area contributed by atoms with Gasteiger partial charge in [-0.1, -0.05) is 62.1 Å². The molecule has 2 heterocycles. The Kier molecular flexibility index (Phi) is 11.6. The normalized spacial score (nSPS) is 17.7. The molecule has 1 aliphatic heterocycles. The van der Waals surface area contributed by atoms with Crippen molar-refractivity contribution in [3.05, 3.63) is 76.4 Å². The summed E-state index contributed by atoms with van der Waals surface area (Å²) in [7, 11) is -1.13. The highest BCUT2D eigenvalue weighted by Crippen LogP contribution is 2.25. The van der Waals surface area contributed by atoms with E-state index in [1.807, 2.05) is 55.5 Å². The maximum atomic E-state index is 14.0. The molecule has 3 atom stereocenters. The van der Waals surface area contributed by atoms with Crippen molar-refractivity contribution in [1.29, 1.82) is 0 Å². The van der Waals surface area contributed by atoms with Gasteiger partial charge in [0.2, 0.25) is 0 Å². The number of halogens is 1. The molecule has 0 unspecified atom stereocenters. The molecule has 42 heavy (non-hydrogen) atoms. The van der Waals surface area contributed by atoms with E-state index in [1.54, 1.807) is 13.0 Å². The zero-order chi connectivity index (χ0) is 30.1. The average Bonchev–Trinajstić information content (AvgIpc) is 3.59. The Labute approximate surface area is 250 Å². The summed E-state index contributed by atoms with van der Waals surface area (Å²) in [4.78, 5) is 3.78. The van der Waals surface area contributed by atoms with E-state index in [0.717, 1.165) is 48.5 Å². The molecule has 1 saturated heterocycles. The Morgan fingerprint density at radius 1 is 1.17 bits per heavy atom. The van der Waals surface area contributed by atoms with Crippen molar-refractivity contribution in [2.75, 3.05) is 26.3 Å². The molecule has 4 rings (SSSR count). The predicted octanol–water partition coefficient (Wildman–Crippen LogP) is 5.75. The van der Waals surface area contributed by atoms with Gasteiger partial charge in [-0.15, -0.1) is 15.0 Å². The van der Waals surface area contributed by atoms with Crippen LogP contribution in [0.25, 0.3) is 12.2 Å². The lowest BCUT2D eigenvalue weighted by Gasteiger charge is -2.27. The van der Waals surface area contributed by atoms with E-state index in [-0.39, 0.29) is 25.3 Å². The van der Waals surface area contributed by atoms with Gasteiger partial charge in [0.1, 0.15) is 5.82 Å². The Bertz CT molecular complexity index is 1310. The first-order chi connectivity index (χ1) is 20.1. The quantitative estimate of drug-likeness (QED) is 0.177. The van der Waals surface area contributed by atoms with Crippen LogP contribution in [-0.4, -0.2) is 76.7 Å². The van der Waals surface area contributed by atoms with Crippen LogP contribution in [0, 0.1) is 12.7 Å². The number of rotatable bonds is 15. The van der Waals surface area contributed by atoms with Crippen molar-refractivity contribution in [2.24, 2.45) is 0 Å². The minimum atomic E-state index is -1.13. The van der Waals surface area contributed by atoms with E-state index in [9.17, 15) is 9.50 Å². The van der Waals surface area contributed by atoms with Crippen molar-refractivity contribution in [2.45, 2.75) is 83.8 Å². The third kappa shape index (κ3) is 9.91. The van der Waals surface area contributed by atoms with Gasteiger partial charge in [-0.05, 0) is 85.3 Å². The van der Waals surface area contributed by atoms with Crippen molar-refractivity contribution >= 4 is 20.2 Å². The summed E-state index contributed by atoms with van der Waals surface area (Å²) in [5.41, 5.74) is 3.68. The van der Waals surface area contributed by atoms with Crippen LogP contribution in [0.5, 0.6) is 0 Å². The third-order valence-corrected chi connectivity index (χ3v) is 9.41. The number of tetrazole rings is 1. The first-order valence-corrected chi connectivity index (χ1v) is 18.7. The van der Waals surface area contributed by atoms with Gasteiger partial charge < -0.3 is 14.6 Å². The first kappa shape index (κ1) is 32.2. The highest BCUT2D eigenvalue weighted by atomic mass is 28.3. The number of benzene rings is 2. The largest absolute Gasteiger partial charge is 0.389 e. The summed E-state index contributed by atoms with van der Waals surface area (Å²) < 4.78 is 25.9. The molecule has 10 heteroatoms. The lowest BCUT2D eigenvalue weighted by atomic mass is 10.0. The summed E-state index contributed by atoms with van der Waals surface area (Å²) >= 11 is 0. The maximum absolute atomic E-state index is 14.0. The van der Waals surface area contributed by atoms with Crippen molar-refractivity contribution < 1.29 is 19.0 Å². The van der Waals surface area contributed by atoms with E-state index in [0.29, 0.717) is 30.6 Å². The van der Waals surface area contributed by atoms with Crippen LogP contribution in [0.3, 0.4) is 0 Å². The number of ether oxygens (including phenoxy) is 2. The van der Waals surface area contributed by atoms with Gasteiger partial charge in [0, 0.05) is 27.3 Å². The molecule has 0 aliphatic carbocycles. The molecule has 1 aliphatic rings. The average molecular weight is 596 g/mol. The topological polar surface area (TPSA) is 85.5 Å². The Balaban J connectivity index is 1.26. The molecule has 228 valence electrons. The van der Waals surface area contributed by atoms with Crippen LogP contribution in [0.4, 0.5) is 4.39 Å². The molecule has 2 aromatic carbocycles. The van der Waals surface area contributed by atoms with Crippen molar-refractivity contribution in [3.8, 4) is 0 Å². The first-order valence-electron chi connectivity index (χ1n) is 15.0. The van der Waals surface area contributed by atoms with E-state index in [4.69, 9.17) is 9.47 Å². The molecule has 0 bridgehead atoms. The molecule has 1 fully saturated rings. The van der Waals surface area contributed by atoms with Gasteiger partial charge >= 0.3 is 0 Å². The van der Waals surface area contributed by atoms with Crippen LogP contribution in [0.2, 0.25) is 25.7 Å². The molecular formula is C32H46FN5O3Si. The molecule has 8 nitrogen and oxygen atoms in total. The number of hydrogen-bond donors (Lipinski definition) is 1. The lowest BCUT2D eigenvalue weighted by Crippen LogP contribution is -2.39. The summed E-state index contributed by atoms with van der Waals surface area (Å²) in [6.07, 6.45) is 5.88. The third-order valence-electron chi connectivity index (χ3n) is 7.71.